The molecule has 0 spiro atoms. The van der Waals surface area contributed by atoms with Crippen molar-refractivity contribution in [1.82, 2.24) is 0 Å². The Balaban J connectivity index is 4.58. The van der Waals surface area contributed by atoms with Crippen LogP contribution in [0, 0.1) is 11.3 Å². The second kappa shape index (κ2) is 3.73. The van der Waals surface area contributed by atoms with Gasteiger partial charge in [-0.25, -0.2) is 4.79 Å². The summed E-state index contributed by atoms with van der Waals surface area (Å²) in [7, 11) is -3.75. The van der Waals surface area contributed by atoms with Crippen molar-refractivity contribution in [2.75, 3.05) is 6.26 Å². The molecule has 0 rings (SSSR count). The first-order chi connectivity index (χ1) is 5.37. The van der Waals surface area contributed by atoms with Crippen molar-refractivity contribution >= 4 is 16.1 Å². The van der Waals surface area contributed by atoms with E-state index in [-0.39, 0.29) is 0 Å². The van der Waals surface area contributed by atoms with E-state index in [4.69, 9.17) is 10.4 Å². The number of hydrogen-bond acceptors (Lipinski definition) is 5. The van der Waals surface area contributed by atoms with Crippen LogP contribution >= 0.6 is 0 Å². The average Bonchev–Trinajstić information content (AvgIpc) is 1.85. The smallest absolute Gasteiger partial charge is 0.349 e. The van der Waals surface area contributed by atoms with Crippen LogP contribution in [0.1, 0.15) is 0 Å². The van der Waals surface area contributed by atoms with Gasteiger partial charge in [-0.05, 0) is 0 Å². The van der Waals surface area contributed by atoms with E-state index in [9.17, 15) is 13.2 Å². The second-order valence-corrected chi connectivity index (χ2v) is 3.35. The normalized spacial score (nSPS) is 11.8. The Morgan fingerprint density at radius 1 is 1.67 bits per heavy atom. The van der Waals surface area contributed by atoms with Gasteiger partial charge >= 0.3 is 16.1 Å². The van der Waals surface area contributed by atoms with E-state index >= 15 is 0 Å². The van der Waals surface area contributed by atoms with Gasteiger partial charge in [-0.3, -0.25) is 0 Å². The number of carboxylic acids is 1. The lowest BCUT2D eigenvalue weighted by Crippen LogP contribution is -2.02. The number of rotatable bonds is 3. The highest BCUT2D eigenvalue weighted by Gasteiger charge is 2.07. The van der Waals surface area contributed by atoms with E-state index in [1.165, 1.54) is 6.07 Å². The zero-order chi connectivity index (χ0) is 9.78. The van der Waals surface area contributed by atoms with E-state index in [1.54, 1.807) is 0 Å². The maximum Gasteiger partial charge on any atom is 0.349 e. The van der Waals surface area contributed by atoms with E-state index < -0.39 is 21.7 Å². The van der Waals surface area contributed by atoms with Gasteiger partial charge in [-0.2, -0.15) is 13.7 Å². The Morgan fingerprint density at radius 2 is 2.17 bits per heavy atom. The van der Waals surface area contributed by atoms with Gasteiger partial charge in [0.15, 0.2) is 5.57 Å². The maximum atomic E-state index is 10.3. The highest BCUT2D eigenvalue weighted by Crippen LogP contribution is 1.96. The van der Waals surface area contributed by atoms with Gasteiger partial charge in [0.2, 0.25) is 0 Å². The molecule has 0 bridgehead atoms. The lowest BCUT2D eigenvalue weighted by atomic mass is 10.3. The minimum atomic E-state index is -3.75. The molecule has 0 aliphatic heterocycles. The molecule has 0 aliphatic carbocycles. The van der Waals surface area contributed by atoms with Gasteiger partial charge in [0, 0.05) is 0 Å². The number of nitrogens with zero attached hydrogens (tertiary/aromatic N) is 1. The van der Waals surface area contributed by atoms with Crippen molar-refractivity contribution in [3.05, 3.63) is 11.8 Å². The highest BCUT2D eigenvalue weighted by molar-refractivity contribution is 7.86. The zero-order valence-corrected chi connectivity index (χ0v) is 6.83. The molecule has 6 nitrogen and oxygen atoms in total. The predicted octanol–water partition coefficient (Wildman–Crippen LogP) is -0.545. The molecule has 0 aliphatic rings. The summed E-state index contributed by atoms with van der Waals surface area (Å²) in [6, 6.07) is 1.25. The van der Waals surface area contributed by atoms with Crippen molar-refractivity contribution < 1.29 is 22.5 Å². The van der Waals surface area contributed by atoms with Crippen LogP contribution in [0.3, 0.4) is 0 Å². The summed E-state index contributed by atoms with van der Waals surface area (Å²) < 4.78 is 24.6. The number of carbonyl (C=O) groups is 1. The molecule has 0 aromatic rings. The SMILES string of the molecule is CS(=O)(=O)O/C=C(/C#N)C(=O)O. The Bertz CT molecular complexity index is 347. The molecular weight excluding hydrogens is 186 g/mol. The van der Waals surface area contributed by atoms with E-state index in [0.717, 1.165) is 6.26 Å². The zero-order valence-electron chi connectivity index (χ0n) is 6.01. The molecule has 0 aromatic heterocycles. The molecule has 0 heterocycles. The van der Waals surface area contributed by atoms with Gasteiger partial charge in [0.25, 0.3) is 0 Å². The predicted molar refractivity (Wildman–Crippen MR) is 37.3 cm³/mol. The Labute approximate surface area is 68.8 Å². The van der Waals surface area contributed by atoms with E-state index in [2.05, 4.69) is 4.18 Å². The van der Waals surface area contributed by atoms with Crippen LogP contribution in [0.15, 0.2) is 11.8 Å². The first-order valence-electron chi connectivity index (χ1n) is 2.58. The Kier molecular flexibility index (Phi) is 3.25. The molecule has 0 aromatic carbocycles. The molecule has 1 N–H and O–H groups in total. The van der Waals surface area contributed by atoms with Crippen molar-refractivity contribution in [3.8, 4) is 6.07 Å². The first-order valence-corrected chi connectivity index (χ1v) is 4.40. The molecule has 0 fully saturated rings. The van der Waals surface area contributed by atoms with Crippen LogP contribution in [-0.2, 0) is 19.1 Å². The van der Waals surface area contributed by atoms with Crippen LogP contribution in [0.2, 0.25) is 0 Å². The first kappa shape index (κ1) is 10.4. The summed E-state index contributed by atoms with van der Waals surface area (Å²) in [6.45, 7) is 0. The quantitative estimate of drug-likeness (QED) is 0.278. The monoisotopic (exact) mass is 191 g/mol. The molecule has 0 radical (unpaired) electrons. The van der Waals surface area contributed by atoms with E-state index in [1.807, 2.05) is 0 Å². The molecule has 12 heavy (non-hydrogen) atoms. The van der Waals surface area contributed by atoms with Gasteiger partial charge < -0.3 is 9.29 Å². The minimum absolute atomic E-state index is 0.373. The summed E-state index contributed by atoms with van der Waals surface area (Å²) in [4.78, 5) is 10.1. The minimum Gasteiger partial charge on any atom is -0.477 e. The van der Waals surface area contributed by atoms with Crippen molar-refractivity contribution in [2.24, 2.45) is 0 Å². The van der Waals surface area contributed by atoms with Crippen LogP contribution in [-0.4, -0.2) is 25.7 Å². The third kappa shape index (κ3) is 4.29. The molecular formula is C5H5NO5S. The summed E-state index contributed by atoms with van der Waals surface area (Å²) in [5.41, 5.74) is -0.777. The molecule has 0 amide bonds. The lowest BCUT2D eigenvalue weighted by Gasteiger charge is -1.93. The van der Waals surface area contributed by atoms with Gasteiger partial charge in [0.1, 0.15) is 12.3 Å². The number of carboxylic acid groups (broad SMARTS) is 1. The summed E-state index contributed by atoms with van der Waals surface area (Å²) in [5, 5.41) is 16.3. The third-order valence-corrected chi connectivity index (χ3v) is 1.14. The van der Waals surface area contributed by atoms with Crippen molar-refractivity contribution in [1.29, 1.82) is 5.26 Å². The molecule has 7 heteroatoms. The fraction of sp³-hybridized carbons (Fsp3) is 0.200. The van der Waals surface area contributed by atoms with E-state index in [0.29, 0.717) is 6.26 Å². The summed E-state index contributed by atoms with van der Waals surface area (Å²) in [6.07, 6.45) is 1.11. The standard InChI is InChI=1S/C5H5NO5S/c1-12(9,10)11-3-4(2-6)5(7)8/h3H,1H3,(H,7,8)/b4-3-. The topological polar surface area (TPSA) is 104 Å². The third-order valence-electron chi connectivity index (χ3n) is 0.692. The fourth-order valence-electron chi connectivity index (χ4n) is 0.260. The van der Waals surface area contributed by atoms with Crippen LogP contribution in [0.5, 0.6) is 0 Å². The largest absolute Gasteiger partial charge is 0.477 e. The van der Waals surface area contributed by atoms with Crippen LogP contribution in [0.25, 0.3) is 0 Å². The molecule has 0 atom stereocenters. The number of nitriles is 1. The number of hydrogen-bond donors (Lipinski definition) is 1. The van der Waals surface area contributed by atoms with Gasteiger partial charge in [-0.15, -0.1) is 0 Å². The summed E-state index contributed by atoms with van der Waals surface area (Å²) >= 11 is 0. The van der Waals surface area contributed by atoms with Crippen molar-refractivity contribution in [3.63, 3.8) is 0 Å². The molecule has 66 valence electrons. The fourth-order valence-corrected chi connectivity index (χ4v) is 0.531. The lowest BCUT2D eigenvalue weighted by molar-refractivity contribution is -0.132. The number of aliphatic carboxylic acids is 1. The van der Waals surface area contributed by atoms with Gasteiger partial charge in [0.05, 0.1) is 6.26 Å². The summed E-state index contributed by atoms with van der Waals surface area (Å²) in [5.74, 6) is -1.54. The molecule has 0 saturated carbocycles. The van der Waals surface area contributed by atoms with Crippen LogP contribution in [0.4, 0.5) is 0 Å². The Morgan fingerprint density at radius 3 is 2.42 bits per heavy atom. The average molecular weight is 191 g/mol. The van der Waals surface area contributed by atoms with Crippen molar-refractivity contribution in [2.45, 2.75) is 0 Å². The highest BCUT2D eigenvalue weighted by atomic mass is 32.2. The van der Waals surface area contributed by atoms with Crippen LogP contribution < -0.4 is 0 Å². The maximum absolute atomic E-state index is 10.3. The second-order valence-electron chi connectivity index (χ2n) is 1.75. The Hall–Kier alpha value is -1.55. The molecule has 0 unspecified atom stereocenters. The molecule has 0 saturated heterocycles. The van der Waals surface area contributed by atoms with Gasteiger partial charge in [-0.1, -0.05) is 0 Å².